The van der Waals surface area contributed by atoms with Gasteiger partial charge in [0.1, 0.15) is 0 Å². The second-order valence-electron chi connectivity index (χ2n) is 5.44. The quantitative estimate of drug-likeness (QED) is 0.871. The van der Waals surface area contributed by atoms with Crippen molar-refractivity contribution in [2.24, 2.45) is 5.73 Å². The van der Waals surface area contributed by atoms with E-state index in [4.69, 9.17) is 5.73 Å². The Morgan fingerprint density at radius 2 is 1.95 bits per heavy atom. The Bertz CT molecular complexity index is 531. The molecule has 0 saturated heterocycles. The summed E-state index contributed by atoms with van der Waals surface area (Å²) in [7, 11) is 0. The van der Waals surface area contributed by atoms with Gasteiger partial charge in [-0.05, 0) is 48.9 Å². The first kappa shape index (κ1) is 14.7. The van der Waals surface area contributed by atoms with Crippen LogP contribution in [0.25, 0.3) is 0 Å². The summed E-state index contributed by atoms with van der Waals surface area (Å²) in [5.41, 5.74) is 11.4. The van der Waals surface area contributed by atoms with Gasteiger partial charge in [-0.1, -0.05) is 37.3 Å². The number of pyridine rings is 1. The number of aromatic nitrogens is 1. The maximum atomic E-state index is 6.23. The second-order valence-corrected chi connectivity index (χ2v) is 5.44. The molecule has 0 fully saturated rings. The van der Waals surface area contributed by atoms with Gasteiger partial charge in [0, 0.05) is 24.4 Å². The van der Waals surface area contributed by atoms with Gasteiger partial charge in [0.15, 0.2) is 0 Å². The van der Waals surface area contributed by atoms with Crippen molar-refractivity contribution in [3.8, 4) is 0 Å². The highest BCUT2D eigenvalue weighted by Crippen LogP contribution is 2.12. The first-order chi connectivity index (χ1) is 9.69. The maximum absolute atomic E-state index is 6.23. The van der Waals surface area contributed by atoms with Gasteiger partial charge in [0.05, 0.1) is 0 Å². The Morgan fingerprint density at radius 3 is 2.60 bits per heavy atom. The van der Waals surface area contributed by atoms with Gasteiger partial charge >= 0.3 is 0 Å². The number of hydrogen-bond acceptors (Lipinski definition) is 2. The molecule has 0 radical (unpaired) electrons. The molecule has 106 valence electrons. The third kappa shape index (κ3) is 4.17. The Hall–Kier alpha value is -1.67. The van der Waals surface area contributed by atoms with Gasteiger partial charge in [-0.25, -0.2) is 0 Å². The van der Waals surface area contributed by atoms with Crippen LogP contribution in [-0.4, -0.2) is 11.0 Å². The van der Waals surface area contributed by atoms with E-state index in [-0.39, 0.29) is 6.04 Å². The molecule has 2 N–H and O–H groups in total. The minimum atomic E-state index is 0.176. The summed E-state index contributed by atoms with van der Waals surface area (Å²) in [5.74, 6) is 0. The first-order valence-corrected chi connectivity index (χ1v) is 7.43. The topological polar surface area (TPSA) is 38.9 Å². The molecule has 1 aromatic carbocycles. The van der Waals surface area contributed by atoms with Crippen molar-refractivity contribution in [2.75, 3.05) is 0 Å². The molecule has 2 nitrogen and oxygen atoms in total. The van der Waals surface area contributed by atoms with Crippen molar-refractivity contribution < 1.29 is 0 Å². The number of hydrogen-bond donors (Lipinski definition) is 1. The van der Waals surface area contributed by atoms with Crippen LogP contribution in [0.15, 0.2) is 42.6 Å². The zero-order valence-electron chi connectivity index (χ0n) is 12.5. The lowest BCUT2D eigenvalue weighted by atomic mass is 9.99. The first-order valence-electron chi connectivity index (χ1n) is 7.43. The summed E-state index contributed by atoms with van der Waals surface area (Å²) in [6.45, 7) is 4.30. The molecule has 0 saturated carbocycles. The average molecular weight is 268 g/mol. The molecule has 1 heterocycles. The van der Waals surface area contributed by atoms with E-state index in [0.717, 1.165) is 31.4 Å². The lowest BCUT2D eigenvalue weighted by molar-refractivity contribution is 0.602. The maximum Gasteiger partial charge on any atom is 0.0419 e. The van der Waals surface area contributed by atoms with E-state index in [0.29, 0.717) is 0 Å². The molecule has 2 rings (SSSR count). The molecule has 0 bridgehead atoms. The molecule has 2 heteroatoms. The van der Waals surface area contributed by atoms with Crippen LogP contribution in [-0.2, 0) is 19.3 Å². The van der Waals surface area contributed by atoms with Crippen LogP contribution in [0.5, 0.6) is 0 Å². The molecule has 1 atom stereocenters. The van der Waals surface area contributed by atoms with Crippen molar-refractivity contribution in [1.29, 1.82) is 0 Å². The molecule has 0 aliphatic heterocycles. The van der Waals surface area contributed by atoms with Gasteiger partial charge < -0.3 is 5.73 Å². The summed E-state index contributed by atoms with van der Waals surface area (Å²) in [6.07, 6.45) is 5.90. The van der Waals surface area contributed by atoms with Crippen LogP contribution >= 0.6 is 0 Å². The van der Waals surface area contributed by atoms with Gasteiger partial charge in [-0.15, -0.1) is 0 Å². The van der Waals surface area contributed by atoms with Crippen LogP contribution in [0.1, 0.15) is 35.7 Å². The van der Waals surface area contributed by atoms with Crippen LogP contribution < -0.4 is 5.73 Å². The van der Waals surface area contributed by atoms with E-state index in [1.807, 2.05) is 6.20 Å². The molecule has 1 unspecified atom stereocenters. The van der Waals surface area contributed by atoms with Gasteiger partial charge in [0.25, 0.3) is 0 Å². The molecule has 0 amide bonds. The van der Waals surface area contributed by atoms with Gasteiger partial charge in [0.2, 0.25) is 0 Å². The van der Waals surface area contributed by atoms with E-state index in [1.165, 1.54) is 16.7 Å². The Balaban J connectivity index is 1.86. The fourth-order valence-corrected chi connectivity index (χ4v) is 2.39. The molecular weight excluding hydrogens is 244 g/mol. The van der Waals surface area contributed by atoms with Crippen molar-refractivity contribution in [3.63, 3.8) is 0 Å². The molecule has 0 spiro atoms. The highest BCUT2D eigenvalue weighted by molar-refractivity contribution is 5.25. The normalized spacial score (nSPS) is 12.3. The monoisotopic (exact) mass is 268 g/mol. The summed E-state index contributed by atoms with van der Waals surface area (Å²) in [5, 5.41) is 0. The molecule has 0 aliphatic carbocycles. The third-order valence-corrected chi connectivity index (χ3v) is 3.81. The Labute approximate surface area is 122 Å². The lowest BCUT2D eigenvalue weighted by Gasteiger charge is -2.12. The van der Waals surface area contributed by atoms with E-state index < -0.39 is 0 Å². The molecule has 1 aromatic heterocycles. The predicted molar refractivity (Wildman–Crippen MR) is 84.8 cm³/mol. The largest absolute Gasteiger partial charge is 0.327 e. The van der Waals surface area contributed by atoms with E-state index in [2.05, 4.69) is 55.2 Å². The lowest BCUT2D eigenvalue weighted by Crippen LogP contribution is -2.24. The summed E-state index contributed by atoms with van der Waals surface area (Å²) >= 11 is 0. The number of nitrogens with zero attached hydrogens (tertiary/aromatic N) is 1. The van der Waals surface area contributed by atoms with Gasteiger partial charge in [-0.3, -0.25) is 4.98 Å². The van der Waals surface area contributed by atoms with Crippen LogP contribution in [0.2, 0.25) is 0 Å². The fourth-order valence-electron chi connectivity index (χ4n) is 2.39. The van der Waals surface area contributed by atoms with Crippen molar-refractivity contribution in [3.05, 3.63) is 65.0 Å². The molecule has 20 heavy (non-hydrogen) atoms. The number of benzene rings is 1. The van der Waals surface area contributed by atoms with Gasteiger partial charge in [-0.2, -0.15) is 0 Å². The predicted octanol–water partition coefficient (Wildman–Crippen LogP) is 3.46. The number of rotatable bonds is 6. The summed E-state index contributed by atoms with van der Waals surface area (Å²) in [4.78, 5) is 4.48. The van der Waals surface area contributed by atoms with Crippen LogP contribution in [0, 0.1) is 6.92 Å². The standard InChI is InChI=1S/C18H24N2/c1-3-15-8-11-18(20-13-15)12-17(19)10-9-16-7-5-4-6-14(16)2/h4-8,11,13,17H,3,9-10,12,19H2,1-2H3. The number of nitrogens with two attached hydrogens (primary N) is 1. The zero-order chi connectivity index (χ0) is 14.4. The van der Waals surface area contributed by atoms with Crippen molar-refractivity contribution in [1.82, 2.24) is 4.98 Å². The van der Waals surface area contributed by atoms with Crippen molar-refractivity contribution >= 4 is 0 Å². The highest BCUT2D eigenvalue weighted by Gasteiger charge is 2.07. The van der Waals surface area contributed by atoms with Crippen LogP contribution in [0.3, 0.4) is 0 Å². The van der Waals surface area contributed by atoms with E-state index in [9.17, 15) is 0 Å². The number of aryl methyl sites for hydroxylation is 3. The molecule has 2 aromatic rings. The Kier molecular flexibility index (Phi) is 5.31. The fraction of sp³-hybridized carbons (Fsp3) is 0.389. The SMILES string of the molecule is CCc1ccc(CC(N)CCc2ccccc2C)nc1. The smallest absolute Gasteiger partial charge is 0.0419 e. The van der Waals surface area contributed by atoms with Crippen LogP contribution in [0.4, 0.5) is 0 Å². The minimum absolute atomic E-state index is 0.176. The molecule has 0 aliphatic rings. The highest BCUT2D eigenvalue weighted by atomic mass is 14.7. The summed E-state index contributed by atoms with van der Waals surface area (Å²) < 4.78 is 0. The second kappa shape index (κ2) is 7.20. The van der Waals surface area contributed by atoms with E-state index >= 15 is 0 Å². The minimum Gasteiger partial charge on any atom is -0.327 e. The van der Waals surface area contributed by atoms with Crippen molar-refractivity contribution in [2.45, 2.75) is 45.6 Å². The Morgan fingerprint density at radius 1 is 1.15 bits per heavy atom. The zero-order valence-corrected chi connectivity index (χ0v) is 12.5. The summed E-state index contributed by atoms with van der Waals surface area (Å²) in [6, 6.07) is 13.0. The third-order valence-electron chi connectivity index (χ3n) is 3.81. The average Bonchev–Trinajstić information content (AvgIpc) is 2.47. The molecular formula is C18H24N2. The van der Waals surface area contributed by atoms with E-state index in [1.54, 1.807) is 0 Å².